The Bertz CT molecular complexity index is 1160. The summed E-state index contributed by atoms with van der Waals surface area (Å²) in [6, 6.07) is 22.2. The number of nitrogens with zero attached hydrogens (tertiary/aromatic N) is 1. The molecule has 1 aromatic heterocycles. The van der Waals surface area contributed by atoms with Crippen molar-refractivity contribution in [3.8, 4) is 11.1 Å². The second-order valence-corrected chi connectivity index (χ2v) is 7.19. The molecular weight excluding hydrogens is 351 g/mol. The van der Waals surface area contributed by atoms with Crippen molar-refractivity contribution >= 4 is 16.8 Å². The molecule has 2 heterocycles. The van der Waals surface area contributed by atoms with Gasteiger partial charge < -0.3 is 9.88 Å². The summed E-state index contributed by atoms with van der Waals surface area (Å²) in [5, 5.41) is 1.26. The molecule has 1 N–H and O–H groups in total. The molecule has 28 heavy (non-hydrogen) atoms. The van der Waals surface area contributed by atoms with Gasteiger partial charge in [0.25, 0.3) is 5.91 Å². The first-order valence-corrected chi connectivity index (χ1v) is 9.43. The molecule has 0 spiro atoms. The summed E-state index contributed by atoms with van der Waals surface area (Å²) in [7, 11) is 0. The molecule has 4 aromatic rings. The molecule has 5 rings (SSSR count). The van der Waals surface area contributed by atoms with Gasteiger partial charge in [0.1, 0.15) is 5.82 Å². The summed E-state index contributed by atoms with van der Waals surface area (Å²) in [6.45, 7) is 1.32. The van der Waals surface area contributed by atoms with Gasteiger partial charge in [-0.2, -0.15) is 0 Å². The van der Waals surface area contributed by atoms with E-state index >= 15 is 0 Å². The number of amides is 1. The van der Waals surface area contributed by atoms with Gasteiger partial charge in [-0.05, 0) is 53.4 Å². The third-order valence-electron chi connectivity index (χ3n) is 5.48. The van der Waals surface area contributed by atoms with Crippen molar-refractivity contribution in [1.29, 1.82) is 0 Å². The zero-order valence-corrected chi connectivity index (χ0v) is 15.3. The number of H-pyrrole nitrogens is 1. The van der Waals surface area contributed by atoms with Crippen LogP contribution < -0.4 is 0 Å². The highest BCUT2D eigenvalue weighted by molar-refractivity contribution is 5.95. The molecule has 1 aliphatic rings. The van der Waals surface area contributed by atoms with E-state index in [1.165, 1.54) is 23.1 Å². The molecule has 0 radical (unpaired) electrons. The van der Waals surface area contributed by atoms with Crippen LogP contribution >= 0.6 is 0 Å². The standard InChI is InChI=1S/C24H19FN2O/c25-19-11-9-17(10-12-19)16-5-7-18(8-6-16)24(28)27-14-13-21-20-3-1-2-4-22(20)26-23(21)15-27/h1-12,26H,13-15H2. The molecule has 1 aliphatic heterocycles. The first-order valence-electron chi connectivity index (χ1n) is 9.43. The molecule has 0 bridgehead atoms. The average Bonchev–Trinajstić information content (AvgIpc) is 3.12. The molecule has 0 saturated heterocycles. The van der Waals surface area contributed by atoms with Gasteiger partial charge in [-0.1, -0.05) is 42.5 Å². The Labute approximate surface area is 162 Å². The number of nitrogens with one attached hydrogen (secondary N) is 1. The predicted octanol–water partition coefficient (Wildman–Crippen LogP) is 5.17. The summed E-state index contributed by atoms with van der Waals surface area (Å²) in [5.41, 5.74) is 6.15. The van der Waals surface area contributed by atoms with Gasteiger partial charge in [-0.3, -0.25) is 4.79 Å². The van der Waals surface area contributed by atoms with Gasteiger partial charge in [-0.15, -0.1) is 0 Å². The second-order valence-electron chi connectivity index (χ2n) is 7.19. The third-order valence-corrected chi connectivity index (χ3v) is 5.48. The van der Waals surface area contributed by atoms with Gasteiger partial charge in [0.15, 0.2) is 0 Å². The number of carbonyl (C=O) groups excluding carboxylic acids is 1. The summed E-state index contributed by atoms with van der Waals surface area (Å²) in [6.07, 6.45) is 0.860. The van der Waals surface area contributed by atoms with E-state index in [2.05, 4.69) is 23.2 Å². The molecule has 0 saturated carbocycles. The van der Waals surface area contributed by atoms with Gasteiger partial charge in [-0.25, -0.2) is 4.39 Å². The van der Waals surface area contributed by atoms with Crippen molar-refractivity contribution in [3.05, 3.63) is 95.4 Å². The lowest BCUT2D eigenvalue weighted by atomic mass is 10.0. The van der Waals surface area contributed by atoms with Crippen LogP contribution in [0.25, 0.3) is 22.0 Å². The van der Waals surface area contributed by atoms with Crippen LogP contribution in [0.15, 0.2) is 72.8 Å². The summed E-state index contributed by atoms with van der Waals surface area (Å²) in [4.78, 5) is 18.3. The number of halogens is 1. The molecule has 0 atom stereocenters. The van der Waals surface area contributed by atoms with E-state index in [1.807, 2.05) is 35.2 Å². The highest BCUT2D eigenvalue weighted by Crippen LogP contribution is 2.28. The first-order chi connectivity index (χ1) is 13.7. The van der Waals surface area contributed by atoms with E-state index in [1.54, 1.807) is 12.1 Å². The maximum Gasteiger partial charge on any atom is 0.254 e. The molecule has 3 nitrogen and oxygen atoms in total. The Morgan fingerprint density at radius 2 is 1.57 bits per heavy atom. The van der Waals surface area contributed by atoms with Crippen molar-refractivity contribution in [2.75, 3.05) is 6.54 Å². The van der Waals surface area contributed by atoms with E-state index in [4.69, 9.17) is 0 Å². The topological polar surface area (TPSA) is 36.1 Å². The normalized spacial score (nSPS) is 13.5. The molecular formula is C24H19FN2O. The van der Waals surface area contributed by atoms with Gasteiger partial charge in [0.2, 0.25) is 0 Å². The molecule has 138 valence electrons. The van der Waals surface area contributed by atoms with Crippen molar-refractivity contribution < 1.29 is 9.18 Å². The second kappa shape index (κ2) is 6.64. The number of hydrogen-bond donors (Lipinski definition) is 1. The third kappa shape index (κ3) is 2.87. The number of benzene rings is 3. The molecule has 0 fully saturated rings. The van der Waals surface area contributed by atoms with Crippen LogP contribution in [0, 0.1) is 5.82 Å². The summed E-state index contributed by atoms with van der Waals surface area (Å²) in [5.74, 6) is -0.216. The Hall–Kier alpha value is -3.40. The molecule has 0 aliphatic carbocycles. The van der Waals surface area contributed by atoms with Crippen LogP contribution in [0.2, 0.25) is 0 Å². The number of para-hydroxylation sites is 1. The Balaban J connectivity index is 1.37. The smallest absolute Gasteiger partial charge is 0.254 e. The number of aromatic nitrogens is 1. The van der Waals surface area contributed by atoms with Crippen LogP contribution in [-0.2, 0) is 13.0 Å². The molecule has 1 amide bonds. The number of rotatable bonds is 2. The number of aromatic amines is 1. The van der Waals surface area contributed by atoms with Crippen LogP contribution in [0.3, 0.4) is 0 Å². The summed E-state index contributed by atoms with van der Waals surface area (Å²) < 4.78 is 13.1. The number of fused-ring (bicyclic) bond motifs is 3. The zero-order chi connectivity index (χ0) is 19.1. The zero-order valence-electron chi connectivity index (χ0n) is 15.3. The molecule has 0 unspecified atom stereocenters. The van der Waals surface area contributed by atoms with E-state index in [0.717, 1.165) is 28.8 Å². The van der Waals surface area contributed by atoms with Crippen LogP contribution in [0.1, 0.15) is 21.6 Å². The van der Waals surface area contributed by atoms with Crippen LogP contribution in [-0.4, -0.2) is 22.3 Å². The van der Waals surface area contributed by atoms with E-state index in [9.17, 15) is 9.18 Å². The quantitative estimate of drug-likeness (QED) is 0.519. The first kappa shape index (κ1) is 16.8. The lowest BCUT2D eigenvalue weighted by Crippen LogP contribution is -2.35. The number of hydrogen-bond acceptors (Lipinski definition) is 1. The Morgan fingerprint density at radius 1 is 0.893 bits per heavy atom. The maximum absolute atomic E-state index is 13.1. The van der Waals surface area contributed by atoms with E-state index in [0.29, 0.717) is 18.7 Å². The van der Waals surface area contributed by atoms with Gasteiger partial charge in [0.05, 0.1) is 6.54 Å². The lowest BCUT2D eigenvalue weighted by Gasteiger charge is -2.27. The SMILES string of the molecule is O=C(c1ccc(-c2ccc(F)cc2)cc1)N1CCc2c([nH]c3ccccc23)C1. The van der Waals surface area contributed by atoms with E-state index in [-0.39, 0.29) is 11.7 Å². The molecule has 3 aromatic carbocycles. The Kier molecular flexibility index (Phi) is 3.97. The Morgan fingerprint density at radius 3 is 2.32 bits per heavy atom. The fourth-order valence-electron chi connectivity index (χ4n) is 4.00. The highest BCUT2D eigenvalue weighted by atomic mass is 19.1. The van der Waals surface area contributed by atoms with E-state index < -0.39 is 0 Å². The van der Waals surface area contributed by atoms with Crippen LogP contribution in [0.4, 0.5) is 4.39 Å². The monoisotopic (exact) mass is 370 g/mol. The fourth-order valence-corrected chi connectivity index (χ4v) is 4.00. The van der Waals surface area contributed by atoms with Crippen LogP contribution in [0.5, 0.6) is 0 Å². The van der Waals surface area contributed by atoms with Crippen molar-refractivity contribution in [2.45, 2.75) is 13.0 Å². The average molecular weight is 370 g/mol. The summed E-state index contributed by atoms with van der Waals surface area (Å²) >= 11 is 0. The highest BCUT2D eigenvalue weighted by Gasteiger charge is 2.24. The predicted molar refractivity (Wildman–Crippen MR) is 109 cm³/mol. The maximum atomic E-state index is 13.1. The van der Waals surface area contributed by atoms with Crippen molar-refractivity contribution in [3.63, 3.8) is 0 Å². The lowest BCUT2D eigenvalue weighted by molar-refractivity contribution is 0.0733. The van der Waals surface area contributed by atoms with Crippen molar-refractivity contribution in [2.24, 2.45) is 0 Å². The minimum Gasteiger partial charge on any atom is -0.357 e. The van der Waals surface area contributed by atoms with Gasteiger partial charge >= 0.3 is 0 Å². The largest absolute Gasteiger partial charge is 0.357 e. The van der Waals surface area contributed by atoms with Gasteiger partial charge in [0, 0.05) is 28.7 Å². The minimum atomic E-state index is -0.253. The minimum absolute atomic E-state index is 0.0370. The van der Waals surface area contributed by atoms with Crippen molar-refractivity contribution in [1.82, 2.24) is 9.88 Å². The molecule has 4 heteroatoms. The number of carbonyl (C=O) groups is 1. The fraction of sp³-hybridized carbons (Fsp3) is 0.125.